The fourth-order valence-electron chi connectivity index (χ4n) is 2.42. The van der Waals surface area contributed by atoms with Gasteiger partial charge in [0.15, 0.2) is 0 Å². The van der Waals surface area contributed by atoms with Crippen molar-refractivity contribution in [3.63, 3.8) is 0 Å². The van der Waals surface area contributed by atoms with E-state index in [0.717, 1.165) is 30.4 Å². The van der Waals surface area contributed by atoms with Crippen molar-refractivity contribution < 1.29 is 4.79 Å². The molecule has 0 saturated carbocycles. The monoisotopic (exact) mass is 296 g/mol. The third-order valence-electron chi connectivity index (χ3n) is 3.25. The first-order valence-electron chi connectivity index (χ1n) is 6.00. The largest absolute Gasteiger partial charge is 0.343 e. The second-order valence-electron chi connectivity index (χ2n) is 4.69. The SMILES string of the molecule is CC(=O)N1CCC[C@@H](Cc2cncc(Br)c2)C1. The maximum absolute atomic E-state index is 11.4. The summed E-state index contributed by atoms with van der Waals surface area (Å²) < 4.78 is 1.02. The van der Waals surface area contributed by atoms with Gasteiger partial charge in [-0.1, -0.05) is 0 Å². The number of hydrogen-bond donors (Lipinski definition) is 0. The average Bonchev–Trinajstić information content (AvgIpc) is 2.29. The molecule has 0 radical (unpaired) electrons. The van der Waals surface area contributed by atoms with E-state index in [0.29, 0.717) is 5.92 Å². The van der Waals surface area contributed by atoms with E-state index in [4.69, 9.17) is 0 Å². The summed E-state index contributed by atoms with van der Waals surface area (Å²) in [5, 5.41) is 0. The Morgan fingerprint density at radius 3 is 3.12 bits per heavy atom. The third-order valence-corrected chi connectivity index (χ3v) is 3.68. The normalized spacial score (nSPS) is 20.4. The number of piperidine rings is 1. The summed E-state index contributed by atoms with van der Waals surface area (Å²) in [7, 11) is 0. The molecule has 0 aliphatic carbocycles. The number of hydrogen-bond acceptors (Lipinski definition) is 2. The maximum Gasteiger partial charge on any atom is 0.219 e. The Hall–Kier alpha value is -0.900. The van der Waals surface area contributed by atoms with Crippen molar-refractivity contribution >= 4 is 21.8 Å². The van der Waals surface area contributed by atoms with Crippen LogP contribution in [0, 0.1) is 5.92 Å². The van der Waals surface area contributed by atoms with Crippen LogP contribution in [0.25, 0.3) is 0 Å². The summed E-state index contributed by atoms with van der Waals surface area (Å²) in [5.41, 5.74) is 1.25. The molecule has 92 valence electrons. The molecule has 1 amide bonds. The number of amides is 1. The van der Waals surface area contributed by atoms with Crippen LogP contribution in [-0.2, 0) is 11.2 Å². The first-order chi connectivity index (χ1) is 8.15. The van der Waals surface area contributed by atoms with Crippen LogP contribution in [0.2, 0.25) is 0 Å². The number of carbonyl (C=O) groups excluding carboxylic acids is 1. The molecular formula is C13H17BrN2O. The summed E-state index contributed by atoms with van der Waals surface area (Å²) in [6.07, 6.45) is 7.04. The van der Waals surface area contributed by atoms with Crippen LogP contribution in [0.3, 0.4) is 0 Å². The summed E-state index contributed by atoms with van der Waals surface area (Å²) in [5.74, 6) is 0.769. The van der Waals surface area contributed by atoms with Gasteiger partial charge in [-0.3, -0.25) is 9.78 Å². The lowest BCUT2D eigenvalue weighted by Crippen LogP contribution is -2.39. The zero-order valence-corrected chi connectivity index (χ0v) is 11.6. The Labute approximate surface area is 110 Å². The summed E-state index contributed by atoms with van der Waals surface area (Å²) in [6, 6.07) is 2.11. The van der Waals surface area contributed by atoms with Crippen molar-refractivity contribution in [3.05, 3.63) is 28.5 Å². The van der Waals surface area contributed by atoms with E-state index >= 15 is 0 Å². The van der Waals surface area contributed by atoms with Crippen molar-refractivity contribution in [2.75, 3.05) is 13.1 Å². The van der Waals surface area contributed by atoms with E-state index in [1.165, 1.54) is 12.0 Å². The Morgan fingerprint density at radius 1 is 1.59 bits per heavy atom. The molecular weight excluding hydrogens is 280 g/mol. The molecule has 1 atom stereocenters. The van der Waals surface area contributed by atoms with Gasteiger partial charge < -0.3 is 4.90 Å². The highest BCUT2D eigenvalue weighted by molar-refractivity contribution is 9.10. The van der Waals surface area contributed by atoms with Crippen molar-refractivity contribution in [1.82, 2.24) is 9.88 Å². The molecule has 1 aliphatic heterocycles. The van der Waals surface area contributed by atoms with Crippen LogP contribution >= 0.6 is 15.9 Å². The summed E-state index contributed by atoms with van der Waals surface area (Å²) in [4.78, 5) is 17.5. The van der Waals surface area contributed by atoms with E-state index in [1.807, 2.05) is 11.1 Å². The van der Waals surface area contributed by atoms with Gasteiger partial charge in [0.05, 0.1) is 0 Å². The number of halogens is 1. The van der Waals surface area contributed by atoms with E-state index in [2.05, 4.69) is 27.0 Å². The minimum Gasteiger partial charge on any atom is -0.343 e. The van der Waals surface area contributed by atoms with Crippen LogP contribution in [0.5, 0.6) is 0 Å². The van der Waals surface area contributed by atoms with Crippen LogP contribution in [0.4, 0.5) is 0 Å². The Kier molecular flexibility index (Phi) is 4.15. The van der Waals surface area contributed by atoms with Crippen LogP contribution in [-0.4, -0.2) is 28.9 Å². The van der Waals surface area contributed by atoms with Gasteiger partial charge in [-0.25, -0.2) is 0 Å². The van der Waals surface area contributed by atoms with Crippen LogP contribution < -0.4 is 0 Å². The van der Waals surface area contributed by atoms with Crippen molar-refractivity contribution in [1.29, 1.82) is 0 Å². The van der Waals surface area contributed by atoms with E-state index < -0.39 is 0 Å². The van der Waals surface area contributed by atoms with Crippen LogP contribution in [0.15, 0.2) is 22.9 Å². The van der Waals surface area contributed by atoms with Crippen molar-refractivity contribution in [2.24, 2.45) is 5.92 Å². The molecule has 1 aromatic heterocycles. The van der Waals surface area contributed by atoms with Gasteiger partial charge in [0.1, 0.15) is 0 Å². The Bertz CT molecular complexity index is 408. The second-order valence-corrected chi connectivity index (χ2v) is 5.60. The molecule has 0 unspecified atom stereocenters. The second kappa shape index (κ2) is 5.63. The van der Waals surface area contributed by atoms with Crippen molar-refractivity contribution in [2.45, 2.75) is 26.2 Å². The number of aromatic nitrogens is 1. The molecule has 0 N–H and O–H groups in total. The predicted octanol–water partition coefficient (Wildman–Crippen LogP) is 2.65. The summed E-state index contributed by atoms with van der Waals surface area (Å²) >= 11 is 3.44. The molecule has 0 bridgehead atoms. The Balaban J connectivity index is 1.97. The van der Waals surface area contributed by atoms with Gasteiger partial charge >= 0.3 is 0 Å². The minimum atomic E-state index is 0.196. The lowest BCUT2D eigenvalue weighted by atomic mass is 9.92. The topological polar surface area (TPSA) is 33.2 Å². The third kappa shape index (κ3) is 3.53. The molecule has 17 heavy (non-hydrogen) atoms. The standard InChI is InChI=1S/C13H17BrN2O/c1-10(17)16-4-2-3-11(9-16)5-12-6-13(14)8-15-7-12/h6-8,11H,2-5,9H2,1H3/t11-/m0/s1. The van der Waals surface area contributed by atoms with E-state index in [-0.39, 0.29) is 5.91 Å². The highest BCUT2D eigenvalue weighted by Gasteiger charge is 2.21. The van der Waals surface area contributed by atoms with Gasteiger partial charge in [-0.2, -0.15) is 0 Å². The molecule has 1 aliphatic rings. The quantitative estimate of drug-likeness (QED) is 0.841. The number of nitrogens with zero attached hydrogens (tertiary/aromatic N) is 2. The fraction of sp³-hybridized carbons (Fsp3) is 0.538. The number of likely N-dealkylation sites (tertiary alicyclic amines) is 1. The molecule has 0 aromatic carbocycles. The van der Waals surface area contributed by atoms with E-state index in [9.17, 15) is 4.79 Å². The average molecular weight is 297 g/mol. The van der Waals surface area contributed by atoms with Gasteiger partial charge in [-0.15, -0.1) is 0 Å². The first-order valence-corrected chi connectivity index (χ1v) is 6.79. The number of carbonyl (C=O) groups is 1. The highest BCUT2D eigenvalue weighted by Crippen LogP contribution is 2.21. The van der Waals surface area contributed by atoms with Gasteiger partial charge in [-0.05, 0) is 52.7 Å². The zero-order chi connectivity index (χ0) is 12.3. The Morgan fingerprint density at radius 2 is 2.41 bits per heavy atom. The lowest BCUT2D eigenvalue weighted by Gasteiger charge is -2.32. The first kappa shape index (κ1) is 12.6. The lowest BCUT2D eigenvalue weighted by molar-refractivity contribution is -0.130. The molecule has 0 spiro atoms. The molecule has 1 saturated heterocycles. The molecule has 3 nitrogen and oxygen atoms in total. The molecule has 1 aromatic rings. The smallest absolute Gasteiger partial charge is 0.219 e. The zero-order valence-electron chi connectivity index (χ0n) is 10.0. The predicted molar refractivity (Wildman–Crippen MR) is 70.6 cm³/mol. The van der Waals surface area contributed by atoms with Crippen LogP contribution in [0.1, 0.15) is 25.3 Å². The van der Waals surface area contributed by atoms with Gasteiger partial charge in [0, 0.05) is 36.9 Å². The fourth-order valence-corrected chi connectivity index (χ4v) is 2.83. The van der Waals surface area contributed by atoms with Crippen molar-refractivity contribution in [3.8, 4) is 0 Å². The summed E-state index contributed by atoms with van der Waals surface area (Å²) in [6.45, 7) is 3.47. The molecule has 1 fully saturated rings. The van der Waals surface area contributed by atoms with E-state index in [1.54, 1.807) is 13.1 Å². The number of rotatable bonds is 2. The highest BCUT2D eigenvalue weighted by atomic mass is 79.9. The number of pyridine rings is 1. The minimum absolute atomic E-state index is 0.196. The van der Waals surface area contributed by atoms with Gasteiger partial charge in [0.2, 0.25) is 5.91 Å². The molecule has 4 heteroatoms. The molecule has 2 heterocycles. The maximum atomic E-state index is 11.4. The van der Waals surface area contributed by atoms with Gasteiger partial charge in [0.25, 0.3) is 0 Å². The molecule has 2 rings (SSSR count).